The van der Waals surface area contributed by atoms with E-state index in [0.717, 1.165) is 36.4 Å². The lowest BCUT2D eigenvalue weighted by Gasteiger charge is -2.37. The summed E-state index contributed by atoms with van der Waals surface area (Å²) in [6.07, 6.45) is 22.1. The Morgan fingerprint density at radius 2 is 1.36 bits per heavy atom. The van der Waals surface area contributed by atoms with Crippen molar-refractivity contribution >= 4 is 0 Å². The van der Waals surface area contributed by atoms with E-state index in [1.807, 2.05) is 0 Å². The van der Waals surface area contributed by atoms with Gasteiger partial charge >= 0.3 is 0 Å². The first kappa shape index (κ1) is 18.0. The predicted octanol–water partition coefficient (Wildman–Crippen LogP) is 7.44. The molecule has 2 rings (SSSR count). The fourth-order valence-electron chi connectivity index (χ4n) is 4.95. The van der Waals surface area contributed by atoms with Gasteiger partial charge < -0.3 is 0 Å². The number of hydrogen-bond donors (Lipinski definition) is 0. The standard InChI is InChI=1S/C21H37F/c1-2-3-4-5-7-18-9-13-20(14-10-18)21-15-11-19(12-16-21)8-6-17-22/h6,17-21H,2-5,7-16H2,1H3. The molecule has 0 radical (unpaired) electrons. The van der Waals surface area contributed by atoms with Gasteiger partial charge in [0.2, 0.25) is 0 Å². The van der Waals surface area contributed by atoms with E-state index in [4.69, 9.17) is 0 Å². The highest BCUT2D eigenvalue weighted by Gasteiger charge is 2.30. The molecule has 0 heterocycles. The largest absolute Gasteiger partial charge is 0.216 e. The average Bonchev–Trinajstić information content (AvgIpc) is 2.58. The van der Waals surface area contributed by atoms with Crippen LogP contribution in [0.5, 0.6) is 0 Å². The predicted molar refractivity (Wildman–Crippen MR) is 94.5 cm³/mol. The molecule has 0 saturated heterocycles. The van der Waals surface area contributed by atoms with Crippen molar-refractivity contribution < 1.29 is 4.39 Å². The highest BCUT2D eigenvalue weighted by atomic mass is 19.1. The maximum atomic E-state index is 12.1. The topological polar surface area (TPSA) is 0 Å². The number of halogens is 1. The van der Waals surface area contributed by atoms with Crippen LogP contribution >= 0.6 is 0 Å². The zero-order valence-corrected chi connectivity index (χ0v) is 14.7. The molecule has 0 aromatic heterocycles. The third kappa shape index (κ3) is 6.05. The smallest absolute Gasteiger partial charge is 0.0827 e. The molecule has 2 fully saturated rings. The van der Waals surface area contributed by atoms with Crippen LogP contribution in [-0.2, 0) is 0 Å². The molecule has 0 unspecified atom stereocenters. The quantitative estimate of drug-likeness (QED) is 0.409. The zero-order chi connectivity index (χ0) is 15.6. The van der Waals surface area contributed by atoms with E-state index in [1.165, 1.54) is 83.5 Å². The van der Waals surface area contributed by atoms with Crippen molar-refractivity contribution in [3.63, 3.8) is 0 Å². The second-order valence-electron chi connectivity index (χ2n) is 8.01. The summed E-state index contributed by atoms with van der Waals surface area (Å²) < 4.78 is 12.1. The first-order chi connectivity index (χ1) is 10.8. The van der Waals surface area contributed by atoms with Crippen molar-refractivity contribution in [1.82, 2.24) is 0 Å². The molecule has 0 spiro atoms. The third-order valence-corrected chi connectivity index (χ3v) is 6.47. The van der Waals surface area contributed by atoms with Gasteiger partial charge in [0, 0.05) is 0 Å². The summed E-state index contributed by atoms with van der Waals surface area (Å²) in [6, 6.07) is 0. The normalized spacial score (nSPS) is 33.4. The van der Waals surface area contributed by atoms with Crippen LogP contribution in [-0.4, -0.2) is 0 Å². The summed E-state index contributed by atoms with van der Waals surface area (Å²) in [7, 11) is 0. The van der Waals surface area contributed by atoms with E-state index >= 15 is 0 Å². The molecular formula is C21H37F. The van der Waals surface area contributed by atoms with E-state index < -0.39 is 0 Å². The van der Waals surface area contributed by atoms with Gasteiger partial charge in [-0.3, -0.25) is 0 Å². The summed E-state index contributed by atoms with van der Waals surface area (Å²) >= 11 is 0. The minimum Gasteiger partial charge on any atom is -0.216 e. The molecule has 2 saturated carbocycles. The Bertz CT molecular complexity index is 293. The highest BCUT2D eigenvalue weighted by Crippen LogP contribution is 2.42. The van der Waals surface area contributed by atoms with Gasteiger partial charge in [-0.25, -0.2) is 4.39 Å². The van der Waals surface area contributed by atoms with Gasteiger partial charge in [-0.05, 0) is 68.6 Å². The Balaban J connectivity index is 1.59. The van der Waals surface area contributed by atoms with Crippen molar-refractivity contribution in [3.05, 3.63) is 12.4 Å². The van der Waals surface area contributed by atoms with E-state index in [9.17, 15) is 4.39 Å². The Kier molecular flexibility index (Phi) is 8.55. The van der Waals surface area contributed by atoms with Gasteiger partial charge in [0.15, 0.2) is 0 Å². The molecule has 0 aromatic rings. The van der Waals surface area contributed by atoms with Gasteiger partial charge in [0.1, 0.15) is 0 Å². The van der Waals surface area contributed by atoms with Gasteiger partial charge in [-0.15, -0.1) is 0 Å². The van der Waals surface area contributed by atoms with Crippen LogP contribution < -0.4 is 0 Å². The molecule has 128 valence electrons. The Hall–Kier alpha value is -0.330. The molecular weight excluding hydrogens is 271 g/mol. The molecule has 2 aliphatic carbocycles. The van der Waals surface area contributed by atoms with Gasteiger partial charge in [-0.1, -0.05) is 57.9 Å². The van der Waals surface area contributed by atoms with Crippen molar-refractivity contribution in [3.8, 4) is 0 Å². The lowest BCUT2D eigenvalue weighted by Crippen LogP contribution is -2.25. The first-order valence-corrected chi connectivity index (χ1v) is 10.1. The molecule has 0 atom stereocenters. The van der Waals surface area contributed by atoms with Crippen molar-refractivity contribution in [2.45, 2.75) is 96.8 Å². The summed E-state index contributed by atoms with van der Waals surface area (Å²) in [5.41, 5.74) is 0. The van der Waals surface area contributed by atoms with Gasteiger partial charge in [0.25, 0.3) is 0 Å². The monoisotopic (exact) mass is 308 g/mol. The minimum atomic E-state index is 0.730. The summed E-state index contributed by atoms with van der Waals surface area (Å²) in [4.78, 5) is 0. The molecule has 0 aliphatic heterocycles. The van der Waals surface area contributed by atoms with Crippen molar-refractivity contribution in [2.24, 2.45) is 23.7 Å². The minimum absolute atomic E-state index is 0.730. The SMILES string of the molecule is CCCCCCC1CCC(C2CCC(CC=CF)CC2)CC1. The summed E-state index contributed by atoms with van der Waals surface area (Å²) in [6.45, 7) is 2.30. The number of unbranched alkanes of at least 4 members (excludes halogenated alkanes) is 3. The highest BCUT2D eigenvalue weighted by molar-refractivity contribution is 4.85. The van der Waals surface area contributed by atoms with Crippen LogP contribution in [0.15, 0.2) is 12.4 Å². The average molecular weight is 309 g/mol. The maximum Gasteiger partial charge on any atom is 0.0827 e. The number of allylic oxidation sites excluding steroid dienone is 1. The van der Waals surface area contributed by atoms with Gasteiger partial charge in [-0.2, -0.15) is 0 Å². The van der Waals surface area contributed by atoms with E-state index in [-0.39, 0.29) is 0 Å². The second-order valence-corrected chi connectivity index (χ2v) is 8.01. The Labute approximate surface area is 138 Å². The molecule has 1 heteroatoms. The second kappa shape index (κ2) is 10.4. The first-order valence-electron chi connectivity index (χ1n) is 10.1. The molecule has 0 N–H and O–H groups in total. The summed E-state index contributed by atoms with van der Waals surface area (Å²) in [5.74, 6) is 3.81. The fourth-order valence-corrected chi connectivity index (χ4v) is 4.95. The van der Waals surface area contributed by atoms with E-state index in [2.05, 4.69) is 6.92 Å². The van der Waals surface area contributed by atoms with Crippen LogP contribution in [0.1, 0.15) is 96.8 Å². The van der Waals surface area contributed by atoms with Gasteiger partial charge in [0.05, 0.1) is 6.33 Å². The lowest BCUT2D eigenvalue weighted by atomic mass is 9.68. The number of hydrogen-bond acceptors (Lipinski definition) is 0. The zero-order valence-electron chi connectivity index (χ0n) is 14.7. The molecule has 0 nitrogen and oxygen atoms in total. The molecule has 22 heavy (non-hydrogen) atoms. The summed E-state index contributed by atoms with van der Waals surface area (Å²) in [5, 5.41) is 0. The molecule has 0 bridgehead atoms. The lowest BCUT2D eigenvalue weighted by molar-refractivity contribution is 0.143. The van der Waals surface area contributed by atoms with Crippen molar-refractivity contribution in [2.75, 3.05) is 0 Å². The third-order valence-electron chi connectivity index (χ3n) is 6.47. The van der Waals surface area contributed by atoms with E-state index in [1.54, 1.807) is 6.08 Å². The molecule has 2 aliphatic rings. The van der Waals surface area contributed by atoms with Crippen LogP contribution in [0.25, 0.3) is 0 Å². The maximum absolute atomic E-state index is 12.1. The van der Waals surface area contributed by atoms with Crippen LogP contribution in [0, 0.1) is 23.7 Å². The van der Waals surface area contributed by atoms with Crippen LogP contribution in [0.3, 0.4) is 0 Å². The number of rotatable bonds is 8. The molecule has 0 aromatic carbocycles. The Morgan fingerprint density at radius 3 is 1.91 bits per heavy atom. The van der Waals surface area contributed by atoms with Crippen molar-refractivity contribution in [1.29, 1.82) is 0 Å². The van der Waals surface area contributed by atoms with Crippen LogP contribution in [0.2, 0.25) is 0 Å². The Morgan fingerprint density at radius 1 is 0.773 bits per heavy atom. The van der Waals surface area contributed by atoms with E-state index in [0.29, 0.717) is 0 Å². The van der Waals surface area contributed by atoms with Crippen LogP contribution in [0.4, 0.5) is 4.39 Å². The molecule has 0 amide bonds. The fraction of sp³-hybridized carbons (Fsp3) is 0.905.